The number of hydrogen-bond donors (Lipinski definition) is 1. The van der Waals surface area contributed by atoms with Crippen molar-refractivity contribution in [3.63, 3.8) is 0 Å². The van der Waals surface area contributed by atoms with Crippen molar-refractivity contribution in [2.75, 3.05) is 19.8 Å². The first-order valence-electron chi connectivity index (χ1n) is 4.07. The van der Waals surface area contributed by atoms with E-state index in [-0.39, 0.29) is 0 Å². The lowest BCUT2D eigenvalue weighted by molar-refractivity contribution is 0.0142. The number of hydrogen-bond acceptors (Lipinski definition) is 2. The zero-order valence-corrected chi connectivity index (χ0v) is 6.23. The van der Waals surface area contributed by atoms with Crippen LogP contribution >= 0.6 is 0 Å². The molecular weight excluding hydrogens is 126 g/mol. The fourth-order valence-electron chi connectivity index (χ4n) is 1.87. The quantitative estimate of drug-likeness (QED) is 0.540. The molecule has 2 rings (SSSR count). The molecular formula is C8H14NO. The zero-order chi connectivity index (χ0) is 6.86. The van der Waals surface area contributed by atoms with Crippen LogP contribution in [-0.4, -0.2) is 19.8 Å². The molecule has 0 bridgehead atoms. The fraction of sp³-hybridized carbons (Fsp3) is 0.875. The Morgan fingerprint density at radius 2 is 2.40 bits per heavy atom. The van der Waals surface area contributed by atoms with Crippen molar-refractivity contribution in [2.45, 2.75) is 19.3 Å². The van der Waals surface area contributed by atoms with Crippen LogP contribution in [0.25, 0.3) is 0 Å². The van der Waals surface area contributed by atoms with Gasteiger partial charge in [-0.2, -0.15) is 0 Å². The maximum atomic E-state index is 5.44. The second kappa shape index (κ2) is 2.51. The Balaban J connectivity index is 1.98. The minimum Gasteiger partial charge on any atom is -0.381 e. The van der Waals surface area contributed by atoms with Crippen LogP contribution in [-0.2, 0) is 4.74 Å². The molecule has 2 nitrogen and oxygen atoms in total. The minimum absolute atomic E-state index is 0.415. The Morgan fingerprint density at radius 3 is 3.00 bits per heavy atom. The van der Waals surface area contributed by atoms with Crippen molar-refractivity contribution in [1.82, 2.24) is 5.32 Å². The van der Waals surface area contributed by atoms with Gasteiger partial charge < -0.3 is 10.1 Å². The van der Waals surface area contributed by atoms with E-state index in [9.17, 15) is 0 Å². The molecule has 1 unspecified atom stereocenters. The minimum atomic E-state index is 0.415. The van der Waals surface area contributed by atoms with Crippen LogP contribution in [0.4, 0.5) is 0 Å². The predicted octanol–water partition coefficient (Wildman–Crippen LogP) is 0.938. The predicted molar refractivity (Wildman–Crippen MR) is 39.4 cm³/mol. The van der Waals surface area contributed by atoms with Gasteiger partial charge in [0.25, 0.3) is 0 Å². The van der Waals surface area contributed by atoms with Gasteiger partial charge in [0.05, 0.1) is 6.61 Å². The molecule has 1 N–H and O–H groups in total. The number of rotatable bonds is 0. The Labute approximate surface area is 61.9 Å². The van der Waals surface area contributed by atoms with E-state index >= 15 is 0 Å². The highest BCUT2D eigenvalue weighted by molar-refractivity contribution is 4.97. The lowest BCUT2D eigenvalue weighted by Crippen LogP contribution is -2.30. The maximum Gasteiger partial charge on any atom is 0.0538 e. The molecule has 2 saturated heterocycles. The van der Waals surface area contributed by atoms with Gasteiger partial charge in [0.1, 0.15) is 0 Å². The zero-order valence-electron chi connectivity index (χ0n) is 6.23. The van der Waals surface area contributed by atoms with Crippen molar-refractivity contribution >= 4 is 0 Å². The highest BCUT2D eigenvalue weighted by atomic mass is 16.5. The maximum absolute atomic E-state index is 5.44. The smallest absolute Gasteiger partial charge is 0.0538 e. The molecule has 2 aliphatic heterocycles. The first-order valence-corrected chi connectivity index (χ1v) is 4.07. The van der Waals surface area contributed by atoms with Gasteiger partial charge in [-0.15, -0.1) is 0 Å². The third-order valence-electron chi connectivity index (χ3n) is 2.53. The van der Waals surface area contributed by atoms with Crippen LogP contribution in [0.2, 0.25) is 0 Å². The summed E-state index contributed by atoms with van der Waals surface area (Å²) in [4.78, 5) is 0. The molecule has 1 radical (unpaired) electrons. The SMILES string of the molecule is [CH]1NCCC12CCCOC2. The lowest BCUT2D eigenvalue weighted by Gasteiger charge is -2.31. The molecule has 2 heterocycles. The van der Waals surface area contributed by atoms with Crippen LogP contribution in [0, 0.1) is 12.0 Å². The van der Waals surface area contributed by atoms with Gasteiger partial charge in [0.15, 0.2) is 0 Å². The van der Waals surface area contributed by atoms with Crippen LogP contribution in [0.3, 0.4) is 0 Å². The van der Waals surface area contributed by atoms with E-state index in [0.29, 0.717) is 5.41 Å². The second-order valence-electron chi connectivity index (χ2n) is 3.37. The average Bonchev–Trinajstić information content (AvgIpc) is 2.39. The van der Waals surface area contributed by atoms with Gasteiger partial charge in [-0.3, -0.25) is 0 Å². The Morgan fingerprint density at radius 1 is 1.40 bits per heavy atom. The van der Waals surface area contributed by atoms with E-state index in [1.807, 2.05) is 0 Å². The van der Waals surface area contributed by atoms with E-state index < -0.39 is 0 Å². The molecule has 2 fully saturated rings. The standard InChI is InChI=1S/C8H14NO/c1-2-8(7-10-5-1)3-4-9-6-8/h6,9H,1-5,7H2. The molecule has 1 spiro atoms. The van der Waals surface area contributed by atoms with Gasteiger partial charge in [-0.1, -0.05) is 0 Å². The summed E-state index contributed by atoms with van der Waals surface area (Å²) in [6, 6.07) is 0. The molecule has 0 saturated carbocycles. The second-order valence-corrected chi connectivity index (χ2v) is 3.37. The molecule has 0 aromatic heterocycles. The molecule has 57 valence electrons. The molecule has 0 aromatic carbocycles. The number of nitrogens with one attached hydrogen (secondary N) is 1. The topological polar surface area (TPSA) is 21.3 Å². The van der Waals surface area contributed by atoms with Crippen LogP contribution in [0.15, 0.2) is 0 Å². The van der Waals surface area contributed by atoms with Gasteiger partial charge in [0.2, 0.25) is 0 Å². The first-order chi connectivity index (χ1) is 4.91. The van der Waals surface area contributed by atoms with E-state index in [2.05, 4.69) is 11.9 Å². The third kappa shape index (κ3) is 1.06. The molecule has 10 heavy (non-hydrogen) atoms. The van der Waals surface area contributed by atoms with Gasteiger partial charge in [0, 0.05) is 18.6 Å². The Kier molecular flexibility index (Phi) is 1.66. The first kappa shape index (κ1) is 6.62. The lowest BCUT2D eigenvalue weighted by atomic mass is 9.82. The monoisotopic (exact) mass is 140 g/mol. The Bertz CT molecular complexity index is 110. The van der Waals surface area contributed by atoms with Crippen molar-refractivity contribution in [1.29, 1.82) is 0 Å². The van der Waals surface area contributed by atoms with E-state index in [1.165, 1.54) is 19.3 Å². The Hall–Kier alpha value is -0.0800. The van der Waals surface area contributed by atoms with E-state index in [0.717, 1.165) is 19.8 Å². The van der Waals surface area contributed by atoms with Crippen LogP contribution in [0.1, 0.15) is 19.3 Å². The van der Waals surface area contributed by atoms with Crippen LogP contribution < -0.4 is 5.32 Å². The third-order valence-corrected chi connectivity index (χ3v) is 2.53. The highest BCUT2D eigenvalue weighted by Crippen LogP contribution is 2.36. The molecule has 0 aliphatic carbocycles. The molecule has 2 aliphatic rings. The summed E-state index contributed by atoms with van der Waals surface area (Å²) in [7, 11) is 0. The average molecular weight is 140 g/mol. The van der Waals surface area contributed by atoms with Gasteiger partial charge in [-0.05, 0) is 25.8 Å². The van der Waals surface area contributed by atoms with Gasteiger partial charge >= 0.3 is 0 Å². The van der Waals surface area contributed by atoms with Crippen molar-refractivity contribution in [3.05, 3.63) is 6.54 Å². The molecule has 1 atom stereocenters. The van der Waals surface area contributed by atoms with Gasteiger partial charge in [-0.25, -0.2) is 0 Å². The fourth-order valence-corrected chi connectivity index (χ4v) is 1.87. The molecule has 0 aromatic rings. The normalized spacial score (nSPS) is 40.8. The van der Waals surface area contributed by atoms with E-state index in [4.69, 9.17) is 4.74 Å². The largest absolute Gasteiger partial charge is 0.381 e. The molecule has 2 heteroatoms. The van der Waals surface area contributed by atoms with Crippen molar-refractivity contribution in [3.8, 4) is 0 Å². The summed E-state index contributed by atoms with van der Waals surface area (Å²) in [5.41, 5.74) is 0.415. The summed E-state index contributed by atoms with van der Waals surface area (Å²) < 4.78 is 5.44. The summed E-state index contributed by atoms with van der Waals surface area (Å²) in [6.45, 7) is 5.30. The van der Waals surface area contributed by atoms with E-state index in [1.54, 1.807) is 0 Å². The van der Waals surface area contributed by atoms with Crippen molar-refractivity contribution < 1.29 is 4.74 Å². The van der Waals surface area contributed by atoms with Crippen LogP contribution in [0.5, 0.6) is 0 Å². The van der Waals surface area contributed by atoms with Crippen molar-refractivity contribution in [2.24, 2.45) is 5.41 Å². The summed E-state index contributed by atoms with van der Waals surface area (Å²) in [5, 5.41) is 3.28. The number of ether oxygens (including phenoxy) is 1. The summed E-state index contributed by atoms with van der Waals surface area (Å²) in [6.07, 6.45) is 3.82. The summed E-state index contributed by atoms with van der Waals surface area (Å²) >= 11 is 0. The highest BCUT2D eigenvalue weighted by Gasteiger charge is 2.35. The molecule has 0 amide bonds. The summed E-state index contributed by atoms with van der Waals surface area (Å²) in [5.74, 6) is 0.